The number of aliphatic hydroxyl groups excluding tert-OH is 1. The van der Waals surface area contributed by atoms with Crippen LogP contribution in [0.15, 0.2) is 12.7 Å². The normalized spacial score (nSPS) is 14.7. The third-order valence-electron chi connectivity index (χ3n) is 5.13. The summed E-state index contributed by atoms with van der Waals surface area (Å²) in [5, 5.41) is 9.94. The molecule has 0 fully saturated rings. The number of ether oxygens (including phenoxy) is 1. The van der Waals surface area contributed by atoms with Gasteiger partial charge in [0.1, 0.15) is 0 Å². The van der Waals surface area contributed by atoms with Crippen LogP contribution in [0.25, 0.3) is 0 Å². The maximum absolute atomic E-state index is 11.4. The fraction of sp³-hybridized carbons (Fsp3) is 0.850. The molecule has 0 rings (SSSR count). The molecule has 7 heteroatoms. The average molecular weight is 418 g/mol. The van der Waals surface area contributed by atoms with E-state index in [1.165, 1.54) is 29.9 Å². The number of hydrogen-bond acceptors (Lipinski definition) is 4. The van der Waals surface area contributed by atoms with E-state index in [-0.39, 0.29) is 19.1 Å². The van der Waals surface area contributed by atoms with Gasteiger partial charge in [-0.1, -0.05) is 33.3 Å². The van der Waals surface area contributed by atoms with Gasteiger partial charge in [0, 0.05) is 20.2 Å². The van der Waals surface area contributed by atoms with E-state index in [0.29, 0.717) is 12.1 Å². The second kappa shape index (κ2) is 12.9. The lowest BCUT2D eigenvalue weighted by atomic mass is 10.2. The van der Waals surface area contributed by atoms with Gasteiger partial charge in [0.15, 0.2) is 16.6 Å². The zero-order valence-corrected chi connectivity index (χ0v) is 20.7. The minimum absolute atomic E-state index is 0.194. The van der Waals surface area contributed by atoms with E-state index >= 15 is 0 Å². The molecule has 160 valence electrons. The molecular formula is C20H43NO4Si2. The van der Waals surface area contributed by atoms with Crippen LogP contribution in [0.4, 0.5) is 0 Å². The summed E-state index contributed by atoms with van der Waals surface area (Å²) in [6, 6.07) is 1.25. The second-order valence-electron chi connectivity index (χ2n) is 8.76. The molecular weight excluding hydrogens is 374 g/mol. The van der Waals surface area contributed by atoms with Crippen LogP contribution in [0.3, 0.4) is 0 Å². The number of rotatable bonds is 15. The van der Waals surface area contributed by atoms with Gasteiger partial charge in [-0.25, -0.2) is 0 Å². The Balaban J connectivity index is 4.12. The Morgan fingerprint density at radius 1 is 1.26 bits per heavy atom. The van der Waals surface area contributed by atoms with E-state index in [1.807, 2.05) is 0 Å². The number of likely N-dealkylation sites (N-methyl/N-ethyl adjacent to an activating group) is 1. The Hall–Kier alpha value is -0.476. The monoisotopic (exact) mass is 417 g/mol. The zero-order valence-electron chi connectivity index (χ0n) is 18.7. The van der Waals surface area contributed by atoms with Crippen LogP contribution in [-0.4, -0.2) is 65.5 Å². The molecule has 0 aromatic carbocycles. The van der Waals surface area contributed by atoms with Crippen LogP contribution in [0, 0.1) is 0 Å². The lowest BCUT2D eigenvalue weighted by Crippen LogP contribution is -2.46. The van der Waals surface area contributed by atoms with Crippen molar-refractivity contribution in [2.75, 3.05) is 26.8 Å². The molecule has 5 nitrogen and oxygen atoms in total. The van der Waals surface area contributed by atoms with Crippen molar-refractivity contribution in [2.45, 2.75) is 83.4 Å². The summed E-state index contributed by atoms with van der Waals surface area (Å²) in [6.07, 6.45) is 5.12. The number of amides is 1. The maximum Gasteiger partial charge on any atom is 0.245 e. The molecule has 0 aliphatic rings. The van der Waals surface area contributed by atoms with Crippen molar-refractivity contribution in [2.24, 2.45) is 0 Å². The molecule has 0 saturated heterocycles. The highest BCUT2D eigenvalue weighted by Gasteiger charge is 2.36. The van der Waals surface area contributed by atoms with Gasteiger partial charge in [0.05, 0.1) is 12.7 Å². The van der Waals surface area contributed by atoms with Crippen molar-refractivity contribution in [3.8, 4) is 0 Å². The van der Waals surface area contributed by atoms with Gasteiger partial charge in [0.2, 0.25) is 5.91 Å². The van der Waals surface area contributed by atoms with Crippen molar-refractivity contribution >= 4 is 22.5 Å². The van der Waals surface area contributed by atoms with E-state index in [0.717, 1.165) is 12.8 Å². The minimum Gasteiger partial charge on any atom is -0.455 e. The highest BCUT2D eigenvalue weighted by atomic mass is 28.4. The van der Waals surface area contributed by atoms with Crippen molar-refractivity contribution in [1.82, 2.24) is 4.90 Å². The first kappa shape index (κ1) is 26.5. The van der Waals surface area contributed by atoms with Gasteiger partial charge in [-0.05, 0) is 56.7 Å². The number of unbranched alkanes of at least 4 members (excludes halogenated alkanes) is 1. The fourth-order valence-corrected chi connectivity index (χ4v) is 12.2. The molecule has 0 aromatic heterocycles. The highest BCUT2D eigenvalue weighted by Crippen LogP contribution is 2.31. The van der Waals surface area contributed by atoms with Gasteiger partial charge in [-0.3, -0.25) is 4.79 Å². The molecule has 27 heavy (non-hydrogen) atoms. The van der Waals surface area contributed by atoms with Crippen molar-refractivity contribution in [1.29, 1.82) is 0 Å². The second-order valence-corrected chi connectivity index (χ2v) is 17.8. The van der Waals surface area contributed by atoms with Gasteiger partial charge in [0.25, 0.3) is 0 Å². The summed E-state index contributed by atoms with van der Waals surface area (Å²) >= 11 is 0. The third-order valence-corrected chi connectivity index (χ3v) is 13.7. The molecule has 0 radical (unpaired) electrons. The Morgan fingerprint density at radius 3 is 2.44 bits per heavy atom. The highest BCUT2D eigenvalue weighted by molar-refractivity contribution is 6.85. The maximum atomic E-state index is 11.4. The Bertz CT molecular complexity index is 444. The van der Waals surface area contributed by atoms with Gasteiger partial charge in [-0.15, -0.1) is 0 Å². The lowest BCUT2D eigenvalue weighted by Gasteiger charge is -2.38. The molecule has 0 saturated carbocycles. The Labute approximate surface area is 169 Å². The Kier molecular flexibility index (Phi) is 12.7. The summed E-state index contributed by atoms with van der Waals surface area (Å²) < 4.78 is 12.3. The van der Waals surface area contributed by atoms with Crippen molar-refractivity contribution in [3.05, 3.63) is 12.7 Å². The summed E-state index contributed by atoms with van der Waals surface area (Å²) in [5.41, 5.74) is 0.579. The first-order valence-corrected chi connectivity index (χ1v) is 16.4. The van der Waals surface area contributed by atoms with E-state index in [4.69, 9.17) is 8.85 Å². The molecule has 2 atom stereocenters. The van der Waals surface area contributed by atoms with Gasteiger partial charge < -0.3 is 18.9 Å². The van der Waals surface area contributed by atoms with Gasteiger partial charge >= 0.3 is 0 Å². The number of carbonyl (C=O) groups excluding carboxylic acids is 1. The van der Waals surface area contributed by atoms with E-state index in [9.17, 15) is 9.90 Å². The predicted octanol–water partition coefficient (Wildman–Crippen LogP) is 4.41. The van der Waals surface area contributed by atoms with E-state index in [1.54, 1.807) is 7.05 Å². The number of hydrogen-bond donors (Lipinski definition) is 1. The topological polar surface area (TPSA) is 59.0 Å². The van der Waals surface area contributed by atoms with Gasteiger partial charge in [-0.2, -0.15) is 0 Å². The molecule has 1 N–H and O–H groups in total. The van der Waals surface area contributed by atoms with E-state index < -0.39 is 22.7 Å². The van der Waals surface area contributed by atoms with Crippen LogP contribution in [-0.2, 0) is 13.6 Å². The minimum atomic E-state index is -1.71. The lowest BCUT2D eigenvalue weighted by molar-refractivity contribution is -0.126. The van der Waals surface area contributed by atoms with Crippen LogP contribution < -0.4 is 0 Å². The molecule has 0 heterocycles. The summed E-state index contributed by atoms with van der Waals surface area (Å²) in [5.74, 6) is -0.194. The predicted molar refractivity (Wildman–Crippen MR) is 119 cm³/mol. The molecule has 2 unspecified atom stereocenters. The fourth-order valence-electron chi connectivity index (χ4n) is 3.14. The quantitative estimate of drug-likeness (QED) is 0.244. The molecule has 0 spiro atoms. The summed E-state index contributed by atoms with van der Waals surface area (Å²) in [4.78, 5) is 12.8. The smallest absolute Gasteiger partial charge is 0.245 e. The number of aliphatic hydroxyl groups is 1. The molecule has 0 aliphatic heterocycles. The van der Waals surface area contributed by atoms with Crippen LogP contribution in [0.1, 0.15) is 39.5 Å². The van der Waals surface area contributed by atoms with Crippen molar-refractivity contribution in [3.63, 3.8) is 0 Å². The van der Waals surface area contributed by atoms with Crippen LogP contribution in [0.2, 0.25) is 37.8 Å². The van der Waals surface area contributed by atoms with E-state index in [2.05, 4.69) is 46.6 Å². The average Bonchev–Trinajstić information content (AvgIpc) is 2.57. The first-order valence-electron chi connectivity index (χ1n) is 10.3. The summed E-state index contributed by atoms with van der Waals surface area (Å²) in [7, 11) is -1.63. The standard InChI is InChI=1S/C20H43NO4Si2/c1-9-11-15-26(5,6)25-27(7,8)18(3)13-12-14-24-17-19(22)16-21(4)20(23)10-2/h10,18-19,22H,2,9,11-17H2,1,3-8H3. The van der Waals surface area contributed by atoms with Crippen LogP contribution in [0.5, 0.6) is 0 Å². The SMILES string of the molecule is C=CC(=O)N(C)CC(O)COCCCC(C)[Si](C)(C)O[Si](C)(C)CCCC. The third kappa shape index (κ3) is 11.9. The molecule has 0 bridgehead atoms. The largest absolute Gasteiger partial charge is 0.455 e. The number of carbonyl (C=O) groups is 1. The van der Waals surface area contributed by atoms with Crippen molar-refractivity contribution < 1.29 is 18.8 Å². The first-order chi connectivity index (χ1) is 12.4. The van der Waals surface area contributed by atoms with Crippen LogP contribution >= 0.6 is 0 Å². The Morgan fingerprint density at radius 2 is 1.89 bits per heavy atom. The molecule has 1 amide bonds. The summed E-state index contributed by atoms with van der Waals surface area (Å²) in [6.45, 7) is 18.5. The number of nitrogens with zero attached hydrogens (tertiary/aromatic N) is 1. The molecule has 0 aliphatic carbocycles. The molecule has 0 aromatic rings. The zero-order chi connectivity index (χ0) is 21.1.